The van der Waals surface area contributed by atoms with Crippen LogP contribution in [0.5, 0.6) is 0 Å². The van der Waals surface area contributed by atoms with Gasteiger partial charge >= 0.3 is 0 Å². The first-order valence-corrected chi connectivity index (χ1v) is 4.13. The molecule has 0 rings (SSSR count). The number of aldehydes is 1. The van der Waals surface area contributed by atoms with E-state index in [1.165, 1.54) is 0 Å². The molecule has 0 bridgehead atoms. The van der Waals surface area contributed by atoms with E-state index in [0.29, 0.717) is 18.6 Å². The second-order valence-corrected chi connectivity index (χ2v) is 2.81. The van der Waals surface area contributed by atoms with Crippen molar-refractivity contribution in [3.05, 3.63) is 0 Å². The maximum atomic E-state index is 9.17. The Labute approximate surface area is 69.9 Å². The van der Waals surface area contributed by atoms with E-state index in [2.05, 4.69) is 0 Å². The van der Waals surface area contributed by atoms with Crippen molar-refractivity contribution in [2.24, 2.45) is 0 Å². The first kappa shape index (κ1) is 13.2. The van der Waals surface area contributed by atoms with Crippen LogP contribution in [0.15, 0.2) is 0 Å². The minimum absolute atomic E-state index is 0.375. The maximum absolute atomic E-state index is 9.17. The average molecular weight is 160 g/mol. The van der Waals surface area contributed by atoms with Gasteiger partial charge in [-0.25, -0.2) is 0 Å². The molecule has 0 aromatic heterocycles. The van der Waals surface area contributed by atoms with Gasteiger partial charge in [0.05, 0.1) is 12.2 Å². The summed E-state index contributed by atoms with van der Waals surface area (Å²) in [6, 6.07) is 0. The molecule has 0 saturated carbocycles. The molecule has 0 heterocycles. The van der Waals surface area contributed by atoms with E-state index < -0.39 is 0 Å². The van der Waals surface area contributed by atoms with Crippen LogP contribution in [0.25, 0.3) is 0 Å². The number of hydrogen-bond acceptors (Lipinski definition) is 2. The van der Waals surface area contributed by atoms with E-state index in [1.807, 2.05) is 34.6 Å². The summed E-state index contributed by atoms with van der Waals surface area (Å²) in [7, 11) is 0. The van der Waals surface area contributed by atoms with Crippen molar-refractivity contribution in [1.29, 1.82) is 0 Å². The summed E-state index contributed by atoms with van der Waals surface area (Å²) >= 11 is 0. The highest BCUT2D eigenvalue weighted by molar-refractivity contribution is 5.48. The van der Waals surface area contributed by atoms with Crippen molar-refractivity contribution >= 4 is 6.29 Å². The van der Waals surface area contributed by atoms with Crippen LogP contribution in [-0.4, -0.2) is 18.5 Å². The zero-order chi connectivity index (χ0) is 9.28. The van der Waals surface area contributed by atoms with Gasteiger partial charge in [-0.2, -0.15) is 0 Å². The second-order valence-electron chi connectivity index (χ2n) is 2.81. The fourth-order valence-electron chi connectivity index (χ4n) is 0.544. The Kier molecular flexibility index (Phi) is 11.6. The molecule has 0 radical (unpaired) electrons. The number of ether oxygens (including phenoxy) is 1. The molecule has 0 aliphatic heterocycles. The number of carbonyl (C=O) groups is 1. The molecule has 0 unspecified atom stereocenters. The van der Waals surface area contributed by atoms with Crippen molar-refractivity contribution in [2.45, 2.75) is 53.2 Å². The van der Waals surface area contributed by atoms with Crippen LogP contribution < -0.4 is 0 Å². The summed E-state index contributed by atoms with van der Waals surface area (Å²) in [4.78, 5) is 9.17. The predicted octanol–water partition coefficient (Wildman–Crippen LogP) is 2.42. The number of carbonyl (C=O) groups excluding carboxylic acids is 1. The van der Waals surface area contributed by atoms with E-state index >= 15 is 0 Å². The van der Waals surface area contributed by atoms with Gasteiger partial charge in [-0.1, -0.05) is 6.92 Å². The van der Waals surface area contributed by atoms with Crippen molar-refractivity contribution in [3.8, 4) is 0 Å². The van der Waals surface area contributed by atoms with E-state index in [9.17, 15) is 4.79 Å². The average Bonchev–Trinajstić information content (AvgIpc) is 1.85. The highest BCUT2D eigenvalue weighted by atomic mass is 16.5. The van der Waals surface area contributed by atoms with Gasteiger partial charge in [-0.05, 0) is 27.7 Å². The molecule has 0 aromatic carbocycles. The Balaban J connectivity index is 0. The normalized spacial score (nSPS) is 9.36. The molecule has 0 fully saturated rings. The van der Waals surface area contributed by atoms with E-state index in [4.69, 9.17) is 4.74 Å². The van der Waals surface area contributed by atoms with Gasteiger partial charge in [-0.3, -0.25) is 0 Å². The van der Waals surface area contributed by atoms with Crippen LogP contribution in [-0.2, 0) is 9.53 Å². The van der Waals surface area contributed by atoms with Gasteiger partial charge in [-0.15, -0.1) is 0 Å². The predicted molar refractivity (Wildman–Crippen MR) is 47.7 cm³/mol. The summed E-state index contributed by atoms with van der Waals surface area (Å²) in [5.41, 5.74) is 0. The SMILES string of the molecule is CC(C)OC(C)C.CCC=O. The van der Waals surface area contributed by atoms with Crippen molar-refractivity contribution in [2.75, 3.05) is 0 Å². The lowest BCUT2D eigenvalue weighted by molar-refractivity contribution is -0.107. The quantitative estimate of drug-likeness (QED) is 0.593. The minimum atomic E-state index is 0.375. The monoisotopic (exact) mass is 160 g/mol. The lowest BCUT2D eigenvalue weighted by Gasteiger charge is -2.09. The molecule has 0 aliphatic carbocycles. The fourth-order valence-corrected chi connectivity index (χ4v) is 0.544. The smallest absolute Gasteiger partial charge is 0.119 e. The summed E-state index contributed by atoms with van der Waals surface area (Å²) in [5.74, 6) is 0. The molecular weight excluding hydrogens is 140 g/mol. The summed E-state index contributed by atoms with van der Waals surface area (Å²) in [6.45, 7) is 9.98. The maximum Gasteiger partial charge on any atom is 0.119 e. The third kappa shape index (κ3) is 26.2. The summed E-state index contributed by atoms with van der Waals surface area (Å²) < 4.78 is 5.25. The second kappa shape index (κ2) is 9.63. The molecule has 0 aliphatic rings. The fraction of sp³-hybridized carbons (Fsp3) is 0.889. The first-order chi connectivity index (χ1) is 5.04. The van der Waals surface area contributed by atoms with Crippen molar-refractivity contribution in [3.63, 3.8) is 0 Å². The molecule has 68 valence electrons. The van der Waals surface area contributed by atoms with Gasteiger partial charge in [0.25, 0.3) is 0 Å². The van der Waals surface area contributed by atoms with Crippen LogP contribution >= 0.6 is 0 Å². The zero-order valence-corrected chi connectivity index (χ0v) is 8.26. The van der Waals surface area contributed by atoms with Crippen LogP contribution in [0.3, 0.4) is 0 Å². The topological polar surface area (TPSA) is 26.3 Å². The van der Waals surface area contributed by atoms with Crippen molar-refractivity contribution in [1.82, 2.24) is 0 Å². The lowest BCUT2D eigenvalue weighted by Crippen LogP contribution is -2.09. The van der Waals surface area contributed by atoms with Crippen LogP contribution in [0.4, 0.5) is 0 Å². The van der Waals surface area contributed by atoms with Crippen LogP contribution in [0, 0.1) is 0 Å². The molecule has 0 amide bonds. The Morgan fingerprint density at radius 2 is 1.45 bits per heavy atom. The largest absolute Gasteiger partial charge is 0.376 e. The number of rotatable bonds is 3. The molecule has 0 aromatic rings. The van der Waals surface area contributed by atoms with Crippen LogP contribution in [0.2, 0.25) is 0 Å². The lowest BCUT2D eigenvalue weighted by atomic mass is 10.4. The Hall–Kier alpha value is -0.370. The van der Waals surface area contributed by atoms with Gasteiger partial charge in [0.2, 0.25) is 0 Å². The highest BCUT2D eigenvalue weighted by Crippen LogP contribution is 1.93. The minimum Gasteiger partial charge on any atom is -0.376 e. The van der Waals surface area contributed by atoms with Crippen LogP contribution in [0.1, 0.15) is 41.0 Å². The molecule has 0 spiro atoms. The first-order valence-electron chi connectivity index (χ1n) is 4.13. The van der Waals surface area contributed by atoms with Gasteiger partial charge in [0.15, 0.2) is 0 Å². The molecular formula is C9H20O2. The zero-order valence-electron chi connectivity index (χ0n) is 8.26. The molecule has 11 heavy (non-hydrogen) atoms. The Bertz CT molecular complexity index is 71.6. The number of hydrogen-bond donors (Lipinski definition) is 0. The van der Waals surface area contributed by atoms with Gasteiger partial charge < -0.3 is 9.53 Å². The molecule has 0 saturated heterocycles. The molecule has 2 nitrogen and oxygen atoms in total. The van der Waals surface area contributed by atoms with Gasteiger partial charge in [0.1, 0.15) is 6.29 Å². The third-order valence-corrected chi connectivity index (χ3v) is 0.711. The molecule has 2 heteroatoms. The third-order valence-electron chi connectivity index (χ3n) is 0.711. The van der Waals surface area contributed by atoms with E-state index in [-0.39, 0.29) is 0 Å². The highest BCUT2D eigenvalue weighted by Gasteiger charge is 1.94. The van der Waals surface area contributed by atoms with E-state index in [0.717, 1.165) is 6.29 Å². The Morgan fingerprint density at radius 3 is 1.45 bits per heavy atom. The summed E-state index contributed by atoms with van der Waals surface area (Å²) in [5, 5.41) is 0. The molecule has 0 atom stereocenters. The van der Waals surface area contributed by atoms with Crippen molar-refractivity contribution < 1.29 is 9.53 Å². The molecule has 0 N–H and O–H groups in total. The van der Waals surface area contributed by atoms with E-state index in [1.54, 1.807) is 0 Å². The Morgan fingerprint density at radius 1 is 1.18 bits per heavy atom. The summed E-state index contributed by atoms with van der Waals surface area (Å²) in [6.07, 6.45) is 2.26. The van der Waals surface area contributed by atoms with Gasteiger partial charge in [0, 0.05) is 6.42 Å². The standard InChI is InChI=1S/C6H14O.C3H6O/c1-5(2)7-6(3)4;1-2-3-4/h5-6H,1-4H3;3H,2H2,1H3.